The molecule has 5 rings (SSSR count). The Bertz CT molecular complexity index is 1330. The number of hydrogen-bond acceptors (Lipinski definition) is 9. The van der Waals surface area contributed by atoms with Crippen LogP contribution in [0.2, 0.25) is 0 Å². The summed E-state index contributed by atoms with van der Waals surface area (Å²) >= 11 is 0. The highest BCUT2D eigenvalue weighted by Crippen LogP contribution is 2.36. The van der Waals surface area contributed by atoms with Gasteiger partial charge in [0.1, 0.15) is 17.6 Å². The zero-order chi connectivity index (χ0) is 25.3. The van der Waals surface area contributed by atoms with E-state index in [1.807, 2.05) is 0 Å². The number of anilines is 1. The molecule has 2 aliphatic rings. The van der Waals surface area contributed by atoms with Gasteiger partial charge in [0.2, 0.25) is 0 Å². The molecule has 3 aromatic rings. The Morgan fingerprint density at radius 1 is 1.22 bits per heavy atom. The molecule has 15 heteroatoms. The summed E-state index contributed by atoms with van der Waals surface area (Å²) in [5.41, 5.74) is 2.13. The maximum atomic E-state index is 15.0. The number of hydrogen-bond donors (Lipinski definition) is 2. The van der Waals surface area contributed by atoms with Crippen LogP contribution >= 0.6 is 7.82 Å². The van der Waals surface area contributed by atoms with Gasteiger partial charge in [0.25, 0.3) is 0 Å². The van der Waals surface area contributed by atoms with Gasteiger partial charge in [-0.3, -0.25) is 14.4 Å². The van der Waals surface area contributed by atoms with E-state index in [4.69, 9.17) is 19.4 Å². The van der Waals surface area contributed by atoms with E-state index in [2.05, 4.69) is 25.0 Å². The summed E-state index contributed by atoms with van der Waals surface area (Å²) in [5.74, 6) is -0.536. The molecule has 0 radical (unpaired) electrons. The molecule has 1 amide bonds. The van der Waals surface area contributed by atoms with Gasteiger partial charge < -0.3 is 19.4 Å². The average Bonchev–Trinajstić information content (AvgIpc) is 3.59. The normalized spacial score (nSPS) is 19.8. The monoisotopic (exact) mass is 518 g/mol. The zero-order valence-electron chi connectivity index (χ0n) is 18.5. The number of phosphoric acid groups is 1. The second-order valence-corrected chi connectivity index (χ2v) is 9.33. The highest BCUT2D eigenvalue weighted by molar-refractivity contribution is 7.46. The number of oxime groups is 1. The largest absolute Gasteiger partial charge is 0.469 e. The lowest BCUT2D eigenvalue weighted by molar-refractivity contribution is 0.0364. The van der Waals surface area contributed by atoms with Crippen LogP contribution in [0.15, 0.2) is 54.1 Å². The number of benzene rings is 1. The van der Waals surface area contributed by atoms with Gasteiger partial charge in [0.05, 0.1) is 37.3 Å². The quantitative estimate of drug-likeness (QED) is 0.423. The Morgan fingerprint density at radius 2 is 2.08 bits per heavy atom. The molecule has 13 nitrogen and oxygen atoms in total. The number of phosphoric ester groups is 1. The topological polar surface area (TPSA) is 161 Å². The second kappa shape index (κ2) is 9.74. The van der Waals surface area contributed by atoms with Crippen molar-refractivity contribution in [3.05, 3.63) is 60.4 Å². The van der Waals surface area contributed by atoms with E-state index in [1.54, 1.807) is 35.1 Å². The molecule has 2 atom stereocenters. The summed E-state index contributed by atoms with van der Waals surface area (Å²) in [7, 11) is -4.60. The van der Waals surface area contributed by atoms with E-state index < -0.39 is 31.9 Å². The lowest BCUT2D eigenvalue weighted by Crippen LogP contribution is -2.26. The number of ether oxygens (including phenoxy) is 1. The molecule has 2 aliphatic heterocycles. The molecular formula is C21H20FN6O7P. The Morgan fingerprint density at radius 3 is 2.78 bits per heavy atom. The minimum atomic E-state index is -4.60. The first-order valence-electron chi connectivity index (χ1n) is 10.8. The molecule has 0 aliphatic carbocycles. The molecule has 1 fully saturated rings. The van der Waals surface area contributed by atoms with Gasteiger partial charge in [-0.1, -0.05) is 16.4 Å². The lowest BCUT2D eigenvalue weighted by Gasteiger charge is -2.14. The molecule has 2 aromatic heterocycles. The molecule has 2 N–H and O–H groups in total. The molecular weight excluding hydrogens is 498 g/mol. The van der Waals surface area contributed by atoms with Crippen LogP contribution in [-0.4, -0.2) is 66.9 Å². The lowest BCUT2D eigenvalue weighted by atomic mass is 10.0. The maximum Gasteiger partial charge on any atom is 0.469 e. The van der Waals surface area contributed by atoms with Gasteiger partial charge in [-0.15, -0.1) is 5.10 Å². The smallest absolute Gasteiger partial charge is 0.442 e. The van der Waals surface area contributed by atoms with Crippen LogP contribution < -0.4 is 4.90 Å². The number of pyridine rings is 1. The van der Waals surface area contributed by atoms with Crippen LogP contribution in [0.25, 0.3) is 11.1 Å². The summed E-state index contributed by atoms with van der Waals surface area (Å²) in [6.07, 6.45) is 3.27. The first-order valence-corrected chi connectivity index (χ1v) is 12.3. The van der Waals surface area contributed by atoms with E-state index in [1.165, 1.54) is 23.4 Å². The van der Waals surface area contributed by atoms with Crippen molar-refractivity contribution in [1.82, 2.24) is 20.0 Å². The number of amides is 1. The van der Waals surface area contributed by atoms with E-state index in [-0.39, 0.29) is 19.6 Å². The predicted molar refractivity (Wildman–Crippen MR) is 121 cm³/mol. The molecule has 1 saturated heterocycles. The minimum absolute atomic E-state index is 0.248. The van der Waals surface area contributed by atoms with Gasteiger partial charge in [0.15, 0.2) is 6.10 Å². The van der Waals surface area contributed by atoms with Crippen LogP contribution in [0.4, 0.5) is 14.9 Å². The number of rotatable bonds is 8. The van der Waals surface area contributed by atoms with Gasteiger partial charge in [-0.25, -0.2) is 18.4 Å². The molecule has 0 spiro atoms. The van der Waals surface area contributed by atoms with Crippen LogP contribution in [-0.2, 0) is 25.2 Å². The fourth-order valence-electron chi connectivity index (χ4n) is 3.85. The SMILES string of the molecule is O=C1O[C@@H](Cn2ccnn2)CN1c1ccc(-c2ccc(C3=NO[C@H](COP(=O)(O)O)C3)nc2)c(F)c1. The summed E-state index contributed by atoms with van der Waals surface area (Å²) in [5, 5.41) is 11.5. The zero-order valence-corrected chi connectivity index (χ0v) is 19.4. The first kappa shape index (κ1) is 24.0. The van der Waals surface area contributed by atoms with Gasteiger partial charge in [-0.05, 0) is 24.3 Å². The fourth-order valence-corrected chi connectivity index (χ4v) is 4.21. The van der Waals surface area contributed by atoms with Crippen molar-refractivity contribution in [2.45, 2.75) is 25.2 Å². The highest BCUT2D eigenvalue weighted by atomic mass is 31.2. The first-order chi connectivity index (χ1) is 17.2. The van der Waals surface area contributed by atoms with E-state index in [0.29, 0.717) is 34.8 Å². The minimum Gasteiger partial charge on any atom is -0.442 e. The number of cyclic esters (lactones) is 1. The standard InChI is InChI=1S/C21H20FN6O7P/c22-18-7-14(28-11-16(34-21(28)29)10-27-6-5-24-26-27)2-3-17(18)13-1-4-19(23-9-13)20-8-15(35-25-20)12-33-36(30,31)32/h1-7,9,15-16H,8,10-12H2,(H2,30,31,32)/t15-,16-/m0/s1. The molecule has 188 valence electrons. The number of aromatic nitrogens is 4. The third-order valence-electron chi connectivity index (χ3n) is 5.53. The second-order valence-electron chi connectivity index (χ2n) is 8.09. The van der Waals surface area contributed by atoms with E-state index >= 15 is 4.39 Å². The third kappa shape index (κ3) is 5.41. The van der Waals surface area contributed by atoms with E-state index in [0.717, 1.165) is 0 Å². The number of nitrogens with zero attached hydrogens (tertiary/aromatic N) is 6. The maximum absolute atomic E-state index is 15.0. The van der Waals surface area contributed by atoms with Crippen molar-refractivity contribution in [1.29, 1.82) is 0 Å². The van der Waals surface area contributed by atoms with Crippen molar-refractivity contribution >= 4 is 25.3 Å². The summed E-state index contributed by atoms with van der Waals surface area (Å²) < 4.78 is 37.2. The van der Waals surface area contributed by atoms with Crippen molar-refractivity contribution in [2.75, 3.05) is 18.1 Å². The fraction of sp³-hybridized carbons (Fsp3) is 0.286. The Labute approximate surface area is 203 Å². The Hall–Kier alpha value is -3.71. The van der Waals surface area contributed by atoms with Crippen molar-refractivity contribution in [3.63, 3.8) is 0 Å². The molecule has 36 heavy (non-hydrogen) atoms. The van der Waals surface area contributed by atoms with E-state index in [9.17, 15) is 9.36 Å². The predicted octanol–water partition coefficient (Wildman–Crippen LogP) is 2.11. The van der Waals surface area contributed by atoms with Gasteiger partial charge in [0, 0.05) is 29.9 Å². The van der Waals surface area contributed by atoms with Crippen LogP contribution in [0.1, 0.15) is 12.1 Å². The molecule has 1 aromatic carbocycles. The number of halogens is 1. The highest BCUT2D eigenvalue weighted by Gasteiger charge is 2.33. The van der Waals surface area contributed by atoms with Crippen LogP contribution in [0.3, 0.4) is 0 Å². The summed E-state index contributed by atoms with van der Waals surface area (Å²) in [6.45, 7) is 0.269. The Balaban J connectivity index is 1.23. The average molecular weight is 518 g/mol. The van der Waals surface area contributed by atoms with Gasteiger partial charge >= 0.3 is 13.9 Å². The van der Waals surface area contributed by atoms with Crippen molar-refractivity contribution in [2.24, 2.45) is 5.16 Å². The molecule has 4 heterocycles. The molecule has 0 bridgehead atoms. The summed E-state index contributed by atoms with van der Waals surface area (Å²) in [4.78, 5) is 40.7. The third-order valence-corrected chi connectivity index (χ3v) is 6.02. The van der Waals surface area contributed by atoms with Crippen molar-refractivity contribution < 1.29 is 37.6 Å². The number of carbonyl (C=O) groups excluding carboxylic acids is 1. The summed E-state index contributed by atoms with van der Waals surface area (Å²) in [6, 6.07) is 7.77. The Kier molecular flexibility index (Phi) is 6.49. The van der Waals surface area contributed by atoms with Gasteiger partial charge in [-0.2, -0.15) is 0 Å². The van der Waals surface area contributed by atoms with Crippen molar-refractivity contribution in [3.8, 4) is 11.1 Å². The van der Waals surface area contributed by atoms with Crippen LogP contribution in [0, 0.1) is 5.82 Å². The molecule has 0 saturated carbocycles. The molecule has 0 unspecified atom stereocenters. The van der Waals surface area contributed by atoms with Crippen LogP contribution in [0.5, 0.6) is 0 Å². The number of carbonyl (C=O) groups is 1.